The maximum Gasteiger partial charge on any atom is 0.409 e. The first-order chi connectivity index (χ1) is 10.1. The van der Waals surface area contributed by atoms with Gasteiger partial charge in [-0.2, -0.15) is 0 Å². The van der Waals surface area contributed by atoms with E-state index in [0.29, 0.717) is 38.1 Å². The highest BCUT2D eigenvalue weighted by molar-refractivity contribution is 5.94. The summed E-state index contributed by atoms with van der Waals surface area (Å²) in [4.78, 5) is 25.3. The number of benzene rings is 1. The number of aromatic hydroxyl groups is 1. The molecule has 21 heavy (non-hydrogen) atoms. The molecular formula is C15H20N2O4. The van der Waals surface area contributed by atoms with Crippen molar-refractivity contribution >= 4 is 12.0 Å². The number of nitrogens with zero attached hydrogens (tertiary/aromatic N) is 1. The molecule has 6 heteroatoms. The Morgan fingerprint density at radius 3 is 2.48 bits per heavy atom. The van der Waals surface area contributed by atoms with Crippen LogP contribution in [0.2, 0.25) is 0 Å². The van der Waals surface area contributed by atoms with Crippen LogP contribution < -0.4 is 5.32 Å². The molecule has 1 aromatic rings. The smallest absolute Gasteiger partial charge is 0.409 e. The van der Waals surface area contributed by atoms with E-state index >= 15 is 0 Å². The summed E-state index contributed by atoms with van der Waals surface area (Å²) < 4.78 is 4.95. The highest BCUT2D eigenvalue weighted by Crippen LogP contribution is 2.14. The number of amides is 2. The molecule has 1 aliphatic rings. The molecular weight excluding hydrogens is 272 g/mol. The van der Waals surface area contributed by atoms with Gasteiger partial charge < -0.3 is 20.1 Å². The van der Waals surface area contributed by atoms with Gasteiger partial charge in [-0.05, 0) is 44.0 Å². The quantitative estimate of drug-likeness (QED) is 0.889. The van der Waals surface area contributed by atoms with Crippen LogP contribution in [0.5, 0.6) is 5.75 Å². The van der Waals surface area contributed by atoms with Crippen molar-refractivity contribution in [2.24, 2.45) is 0 Å². The number of phenols is 1. The maximum absolute atomic E-state index is 12.0. The zero-order valence-electron chi connectivity index (χ0n) is 12.0. The van der Waals surface area contributed by atoms with Crippen LogP contribution in [0.3, 0.4) is 0 Å². The maximum atomic E-state index is 12.0. The van der Waals surface area contributed by atoms with Crippen LogP contribution in [0.1, 0.15) is 30.1 Å². The third-order valence-corrected chi connectivity index (χ3v) is 3.49. The van der Waals surface area contributed by atoms with Gasteiger partial charge in [-0.1, -0.05) is 0 Å². The van der Waals surface area contributed by atoms with E-state index < -0.39 is 0 Å². The normalized spacial score (nSPS) is 15.6. The van der Waals surface area contributed by atoms with Gasteiger partial charge in [0, 0.05) is 24.7 Å². The minimum absolute atomic E-state index is 0.0528. The molecule has 1 saturated heterocycles. The number of hydrogen-bond acceptors (Lipinski definition) is 4. The number of likely N-dealkylation sites (tertiary alicyclic amines) is 1. The van der Waals surface area contributed by atoms with Crippen molar-refractivity contribution in [3.05, 3.63) is 29.8 Å². The third-order valence-electron chi connectivity index (χ3n) is 3.49. The molecule has 1 aromatic carbocycles. The fraction of sp³-hybridized carbons (Fsp3) is 0.467. The van der Waals surface area contributed by atoms with Gasteiger partial charge in [0.2, 0.25) is 0 Å². The highest BCUT2D eigenvalue weighted by Gasteiger charge is 2.24. The molecule has 2 N–H and O–H groups in total. The lowest BCUT2D eigenvalue weighted by molar-refractivity contribution is 0.0860. The van der Waals surface area contributed by atoms with Crippen LogP contribution in [0, 0.1) is 0 Å². The van der Waals surface area contributed by atoms with Crippen LogP contribution in [0.25, 0.3) is 0 Å². The Kier molecular flexibility index (Phi) is 5.03. The van der Waals surface area contributed by atoms with E-state index in [-0.39, 0.29) is 23.8 Å². The van der Waals surface area contributed by atoms with Crippen molar-refractivity contribution in [1.82, 2.24) is 10.2 Å². The molecule has 2 rings (SSSR count). The van der Waals surface area contributed by atoms with E-state index in [1.54, 1.807) is 24.0 Å². The summed E-state index contributed by atoms with van der Waals surface area (Å²) in [6.07, 6.45) is 1.13. The minimum atomic E-state index is -0.291. The largest absolute Gasteiger partial charge is 0.508 e. The van der Waals surface area contributed by atoms with E-state index in [1.807, 2.05) is 0 Å². The fourth-order valence-electron chi connectivity index (χ4n) is 2.30. The van der Waals surface area contributed by atoms with Gasteiger partial charge in [-0.15, -0.1) is 0 Å². The number of carbonyl (C=O) groups excluding carboxylic acids is 2. The molecule has 0 atom stereocenters. The van der Waals surface area contributed by atoms with E-state index in [9.17, 15) is 14.7 Å². The first kappa shape index (κ1) is 15.2. The van der Waals surface area contributed by atoms with Gasteiger partial charge in [0.25, 0.3) is 5.91 Å². The van der Waals surface area contributed by atoms with Crippen molar-refractivity contribution in [2.75, 3.05) is 19.7 Å². The molecule has 1 fully saturated rings. The molecule has 0 saturated carbocycles. The Morgan fingerprint density at radius 1 is 1.29 bits per heavy atom. The molecule has 0 unspecified atom stereocenters. The topological polar surface area (TPSA) is 78.9 Å². The van der Waals surface area contributed by atoms with E-state index in [2.05, 4.69) is 5.32 Å². The number of carbonyl (C=O) groups is 2. The van der Waals surface area contributed by atoms with Gasteiger partial charge >= 0.3 is 6.09 Å². The zero-order valence-corrected chi connectivity index (χ0v) is 12.0. The lowest BCUT2D eigenvalue weighted by atomic mass is 10.0. The number of piperidine rings is 1. The minimum Gasteiger partial charge on any atom is -0.508 e. The Morgan fingerprint density at radius 2 is 1.90 bits per heavy atom. The zero-order chi connectivity index (χ0) is 15.2. The van der Waals surface area contributed by atoms with Crippen molar-refractivity contribution in [3.63, 3.8) is 0 Å². The molecule has 114 valence electrons. The second-order valence-corrected chi connectivity index (χ2v) is 4.98. The van der Waals surface area contributed by atoms with Gasteiger partial charge in [-0.3, -0.25) is 4.79 Å². The predicted molar refractivity (Wildman–Crippen MR) is 77.2 cm³/mol. The summed E-state index contributed by atoms with van der Waals surface area (Å²) in [6, 6.07) is 6.19. The molecule has 1 aliphatic heterocycles. The number of nitrogens with one attached hydrogen (secondary N) is 1. The van der Waals surface area contributed by atoms with Crippen LogP contribution >= 0.6 is 0 Å². The standard InChI is InChI=1S/C15H20N2O4/c1-2-21-15(20)17-9-7-12(8-10-17)16-14(19)11-3-5-13(18)6-4-11/h3-6,12,18H,2,7-10H2,1H3,(H,16,19). The summed E-state index contributed by atoms with van der Waals surface area (Å²) in [7, 11) is 0. The first-order valence-corrected chi connectivity index (χ1v) is 7.11. The van der Waals surface area contributed by atoms with Crippen LogP contribution in [-0.2, 0) is 4.74 Å². The summed E-state index contributed by atoms with van der Waals surface area (Å²) in [5.41, 5.74) is 0.514. The predicted octanol–water partition coefficient (Wildman–Crippen LogP) is 1.74. The number of hydrogen-bond donors (Lipinski definition) is 2. The monoisotopic (exact) mass is 292 g/mol. The van der Waals surface area contributed by atoms with Crippen LogP contribution in [0.15, 0.2) is 24.3 Å². The van der Waals surface area contributed by atoms with Gasteiger partial charge in [0.05, 0.1) is 6.61 Å². The van der Waals surface area contributed by atoms with Gasteiger partial charge in [0.15, 0.2) is 0 Å². The molecule has 0 bridgehead atoms. The van der Waals surface area contributed by atoms with Crippen molar-refractivity contribution in [2.45, 2.75) is 25.8 Å². The Balaban J connectivity index is 1.82. The van der Waals surface area contributed by atoms with Gasteiger partial charge in [0.1, 0.15) is 5.75 Å². The average Bonchev–Trinajstić information content (AvgIpc) is 2.49. The van der Waals surface area contributed by atoms with Crippen molar-refractivity contribution < 1.29 is 19.4 Å². The summed E-state index contributed by atoms with van der Waals surface area (Å²) in [6.45, 7) is 3.32. The molecule has 0 aromatic heterocycles. The SMILES string of the molecule is CCOC(=O)N1CCC(NC(=O)c2ccc(O)cc2)CC1. The molecule has 2 amide bonds. The van der Waals surface area contributed by atoms with E-state index in [0.717, 1.165) is 0 Å². The second-order valence-electron chi connectivity index (χ2n) is 4.98. The summed E-state index contributed by atoms with van der Waals surface area (Å²) >= 11 is 0. The molecule has 0 radical (unpaired) electrons. The second kappa shape index (κ2) is 6.97. The fourth-order valence-corrected chi connectivity index (χ4v) is 2.30. The number of phenolic OH excluding ortho intramolecular Hbond substituents is 1. The lowest BCUT2D eigenvalue weighted by Crippen LogP contribution is -2.46. The summed E-state index contributed by atoms with van der Waals surface area (Å²) in [5, 5.41) is 12.2. The number of ether oxygens (including phenoxy) is 1. The van der Waals surface area contributed by atoms with Crippen LogP contribution in [0.4, 0.5) is 4.79 Å². The van der Waals surface area contributed by atoms with Crippen molar-refractivity contribution in [1.29, 1.82) is 0 Å². The molecule has 0 aliphatic carbocycles. The average molecular weight is 292 g/mol. The third kappa shape index (κ3) is 4.11. The molecule has 0 spiro atoms. The Hall–Kier alpha value is -2.24. The lowest BCUT2D eigenvalue weighted by Gasteiger charge is -2.31. The summed E-state index contributed by atoms with van der Waals surface area (Å²) in [5.74, 6) is -0.0288. The number of rotatable bonds is 3. The van der Waals surface area contributed by atoms with Crippen molar-refractivity contribution in [3.8, 4) is 5.75 Å². The van der Waals surface area contributed by atoms with Gasteiger partial charge in [-0.25, -0.2) is 4.79 Å². The van der Waals surface area contributed by atoms with Crippen LogP contribution in [-0.4, -0.2) is 47.7 Å². The molecule has 6 nitrogen and oxygen atoms in total. The highest BCUT2D eigenvalue weighted by atomic mass is 16.6. The Bertz CT molecular complexity index is 493. The Labute approximate surface area is 123 Å². The molecule has 1 heterocycles. The first-order valence-electron chi connectivity index (χ1n) is 7.11. The van der Waals surface area contributed by atoms with E-state index in [4.69, 9.17) is 4.74 Å². The van der Waals surface area contributed by atoms with E-state index in [1.165, 1.54) is 12.1 Å².